The molecule has 0 saturated carbocycles. The molecule has 1 atom stereocenters. The predicted molar refractivity (Wildman–Crippen MR) is 77.5 cm³/mol. The molecular weight excluding hydrogens is 256 g/mol. The van der Waals surface area contributed by atoms with Gasteiger partial charge in [0.05, 0.1) is 19.1 Å². The van der Waals surface area contributed by atoms with Gasteiger partial charge >= 0.3 is 0 Å². The average molecular weight is 276 g/mol. The zero-order valence-electron chi connectivity index (χ0n) is 11.6. The largest absolute Gasteiger partial charge is 0.391 e. The number of fused-ring (bicyclic) bond motifs is 1. The van der Waals surface area contributed by atoms with E-state index in [0.717, 1.165) is 16.5 Å². The Morgan fingerprint density at radius 2 is 2.25 bits per heavy atom. The first-order valence-electron chi connectivity index (χ1n) is 6.69. The number of carbonyl (C=O) groups excluding carboxylic acids is 1. The van der Waals surface area contributed by atoms with Gasteiger partial charge in [-0.3, -0.25) is 4.79 Å². The van der Waals surface area contributed by atoms with Crippen molar-refractivity contribution in [2.24, 2.45) is 0 Å². The monoisotopic (exact) mass is 276 g/mol. The molecule has 1 heterocycles. The molecule has 1 unspecified atom stereocenters. The van der Waals surface area contributed by atoms with Crippen molar-refractivity contribution in [3.63, 3.8) is 0 Å². The van der Waals surface area contributed by atoms with Gasteiger partial charge in [0.25, 0.3) is 0 Å². The Morgan fingerprint density at radius 3 is 3.05 bits per heavy atom. The Kier molecular flexibility index (Phi) is 5.15. The molecule has 5 nitrogen and oxygen atoms in total. The highest BCUT2D eigenvalue weighted by molar-refractivity contribution is 5.88. The lowest BCUT2D eigenvalue weighted by Gasteiger charge is -2.09. The molecular formula is C15H20N2O3. The van der Waals surface area contributed by atoms with E-state index in [-0.39, 0.29) is 12.5 Å². The quantitative estimate of drug-likeness (QED) is 0.712. The maximum absolute atomic E-state index is 11.9. The molecule has 1 amide bonds. The summed E-state index contributed by atoms with van der Waals surface area (Å²) in [5.74, 6) is -0.0423. The molecule has 0 radical (unpaired) electrons. The molecule has 0 aliphatic rings. The molecule has 0 saturated heterocycles. The number of nitrogens with one attached hydrogen (secondary N) is 2. The first kappa shape index (κ1) is 14.6. The number of amides is 1. The number of hydrogen-bond acceptors (Lipinski definition) is 3. The Labute approximate surface area is 117 Å². The van der Waals surface area contributed by atoms with Gasteiger partial charge in [-0.05, 0) is 18.1 Å². The highest BCUT2D eigenvalue weighted by Gasteiger charge is 2.09. The number of aliphatic hydroxyl groups is 1. The van der Waals surface area contributed by atoms with Gasteiger partial charge in [-0.15, -0.1) is 0 Å². The van der Waals surface area contributed by atoms with Crippen molar-refractivity contribution in [3.05, 3.63) is 36.0 Å². The summed E-state index contributed by atoms with van der Waals surface area (Å²) in [6, 6.07) is 7.90. The molecule has 0 aliphatic heterocycles. The number of methoxy groups -OCH3 is 1. The fourth-order valence-electron chi connectivity index (χ4n) is 2.17. The number of rotatable bonds is 7. The summed E-state index contributed by atoms with van der Waals surface area (Å²) in [4.78, 5) is 15.0. The van der Waals surface area contributed by atoms with E-state index in [0.29, 0.717) is 19.4 Å². The summed E-state index contributed by atoms with van der Waals surface area (Å²) >= 11 is 0. The van der Waals surface area contributed by atoms with Gasteiger partial charge in [0.1, 0.15) is 0 Å². The highest BCUT2D eigenvalue weighted by Crippen LogP contribution is 2.17. The fourth-order valence-corrected chi connectivity index (χ4v) is 2.17. The van der Waals surface area contributed by atoms with Gasteiger partial charge in [-0.25, -0.2) is 0 Å². The van der Waals surface area contributed by atoms with Crippen LogP contribution in [0, 0.1) is 0 Å². The average Bonchev–Trinajstić information content (AvgIpc) is 2.83. The van der Waals surface area contributed by atoms with Crippen LogP contribution in [-0.2, 0) is 16.0 Å². The first-order chi connectivity index (χ1) is 9.70. The van der Waals surface area contributed by atoms with Crippen molar-refractivity contribution in [3.8, 4) is 0 Å². The van der Waals surface area contributed by atoms with Crippen LogP contribution in [-0.4, -0.2) is 42.4 Å². The Bertz CT molecular complexity index is 565. The number of para-hydroxylation sites is 1. The maximum Gasteiger partial charge on any atom is 0.224 e. The summed E-state index contributed by atoms with van der Waals surface area (Å²) < 4.78 is 4.83. The predicted octanol–water partition coefficient (Wildman–Crippen LogP) is 1.22. The third kappa shape index (κ3) is 3.82. The number of aromatic amines is 1. The molecule has 5 heteroatoms. The van der Waals surface area contributed by atoms with Gasteiger partial charge < -0.3 is 20.1 Å². The van der Waals surface area contributed by atoms with Gasteiger partial charge in [-0.2, -0.15) is 0 Å². The van der Waals surface area contributed by atoms with Crippen LogP contribution < -0.4 is 5.32 Å². The number of aliphatic hydroxyl groups excluding tert-OH is 1. The SMILES string of the molecule is COCC(O)CCNC(=O)Cc1c[nH]c2ccccc12. The van der Waals surface area contributed by atoms with Crippen LogP contribution in [0.15, 0.2) is 30.5 Å². The van der Waals surface area contributed by atoms with E-state index < -0.39 is 6.10 Å². The van der Waals surface area contributed by atoms with Crippen molar-refractivity contribution in [1.82, 2.24) is 10.3 Å². The summed E-state index contributed by atoms with van der Waals surface area (Å²) in [6.45, 7) is 0.740. The standard InChI is InChI=1S/C15H20N2O3/c1-20-10-12(18)6-7-16-15(19)8-11-9-17-14-5-3-2-4-13(11)14/h2-5,9,12,17-18H,6-8,10H2,1H3,(H,16,19). The number of H-pyrrole nitrogens is 1. The maximum atomic E-state index is 11.9. The van der Waals surface area contributed by atoms with Crippen molar-refractivity contribution >= 4 is 16.8 Å². The Morgan fingerprint density at radius 1 is 1.45 bits per heavy atom. The molecule has 1 aromatic carbocycles. The van der Waals surface area contributed by atoms with Gasteiger partial charge in [-0.1, -0.05) is 18.2 Å². The molecule has 3 N–H and O–H groups in total. The molecule has 2 aromatic rings. The van der Waals surface area contributed by atoms with Gasteiger partial charge in [0.2, 0.25) is 5.91 Å². The summed E-state index contributed by atoms with van der Waals surface area (Å²) in [5.41, 5.74) is 2.02. The van der Waals surface area contributed by atoms with Gasteiger partial charge in [0.15, 0.2) is 0 Å². The second-order valence-corrected chi connectivity index (χ2v) is 4.78. The zero-order chi connectivity index (χ0) is 14.4. The van der Waals surface area contributed by atoms with Crippen molar-refractivity contribution in [2.75, 3.05) is 20.3 Å². The van der Waals surface area contributed by atoms with E-state index in [1.54, 1.807) is 7.11 Å². The minimum Gasteiger partial charge on any atom is -0.391 e. The number of aromatic nitrogens is 1. The zero-order valence-corrected chi connectivity index (χ0v) is 11.6. The normalized spacial score (nSPS) is 12.5. The number of hydrogen-bond donors (Lipinski definition) is 3. The van der Waals surface area contributed by atoms with E-state index in [4.69, 9.17) is 4.74 Å². The van der Waals surface area contributed by atoms with Crippen LogP contribution in [0.3, 0.4) is 0 Å². The first-order valence-corrected chi connectivity index (χ1v) is 6.69. The minimum atomic E-state index is -0.534. The van der Waals surface area contributed by atoms with Crippen molar-refractivity contribution < 1.29 is 14.6 Å². The molecule has 0 aliphatic carbocycles. The molecule has 0 spiro atoms. The summed E-state index contributed by atoms with van der Waals surface area (Å²) in [6.07, 6.45) is 2.16. The van der Waals surface area contributed by atoms with Crippen molar-refractivity contribution in [1.29, 1.82) is 0 Å². The second-order valence-electron chi connectivity index (χ2n) is 4.78. The molecule has 1 aromatic heterocycles. The number of benzene rings is 1. The molecule has 2 rings (SSSR count). The van der Waals surface area contributed by atoms with Crippen LogP contribution >= 0.6 is 0 Å². The van der Waals surface area contributed by atoms with Crippen molar-refractivity contribution in [2.45, 2.75) is 18.9 Å². The minimum absolute atomic E-state index is 0.0423. The molecule has 0 fully saturated rings. The fraction of sp³-hybridized carbons (Fsp3) is 0.400. The van der Waals surface area contributed by atoms with E-state index in [1.165, 1.54) is 0 Å². The highest BCUT2D eigenvalue weighted by atomic mass is 16.5. The number of carbonyl (C=O) groups is 1. The summed E-state index contributed by atoms with van der Waals surface area (Å²) in [5, 5.41) is 13.4. The number of ether oxygens (including phenoxy) is 1. The van der Waals surface area contributed by atoms with Crippen LogP contribution in [0.1, 0.15) is 12.0 Å². The lowest BCUT2D eigenvalue weighted by molar-refractivity contribution is -0.120. The molecule has 108 valence electrons. The Balaban J connectivity index is 1.83. The van der Waals surface area contributed by atoms with E-state index >= 15 is 0 Å². The second kappa shape index (κ2) is 7.07. The summed E-state index contributed by atoms with van der Waals surface area (Å²) in [7, 11) is 1.54. The lowest BCUT2D eigenvalue weighted by Crippen LogP contribution is -2.29. The van der Waals surface area contributed by atoms with E-state index in [9.17, 15) is 9.90 Å². The van der Waals surface area contributed by atoms with E-state index in [2.05, 4.69) is 10.3 Å². The molecule has 20 heavy (non-hydrogen) atoms. The third-order valence-electron chi connectivity index (χ3n) is 3.18. The third-order valence-corrected chi connectivity index (χ3v) is 3.18. The van der Waals surface area contributed by atoms with E-state index in [1.807, 2.05) is 30.5 Å². The van der Waals surface area contributed by atoms with Crippen LogP contribution in [0.2, 0.25) is 0 Å². The Hall–Kier alpha value is -1.85. The lowest BCUT2D eigenvalue weighted by atomic mass is 10.1. The smallest absolute Gasteiger partial charge is 0.224 e. The van der Waals surface area contributed by atoms with Crippen LogP contribution in [0.25, 0.3) is 10.9 Å². The van der Waals surface area contributed by atoms with Gasteiger partial charge in [0, 0.05) is 30.8 Å². The van der Waals surface area contributed by atoms with Crippen LogP contribution in [0.4, 0.5) is 0 Å². The topological polar surface area (TPSA) is 74.3 Å². The molecule has 0 bridgehead atoms. The van der Waals surface area contributed by atoms with Crippen LogP contribution in [0.5, 0.6) is 0 Å².